The molecule has 0 saturated heterocycles. The van der Waals surface area contributed by atoms with Gasteiger partial charge in [-0.25, -0.2) is 4.79 Å². The van der Waals surface area contributed by atoms with Gasteiger partial charge in [-0.2, -0.15) is 0 Å². The second-order valence-electron chi connectivity index (χ2n) is 5.89. The third-order valence-electron chi connectivity index (χ3n) is 3.94. The lowest BCUT2D eigenvalue weighted by molar-refractivity contribution is -0.123. The SMILES string of the molecule is CSc1nnc(C)n1-c1ccc(C(=O)OC(C)C(=O)Nc2ccncc2)cc1. The molecule has 1 unspecified atom stereocenters. The molecule has 1 aromatic carbocycles. The predicted octanol–water partition coefficient (Wildman–Crippen LogP) is 2.88. The summed E-state index contributed by atoms with van der Waals surface area (Å²) in [6.07, 6.45) is 4.11. The lowest BCUT2D eigenvalue weighted by Gasteiger charge is -2.14. The van der Waals surface area contributed by atoms with Gasteiger partial charge in [0.2, 0.25) is 0 Å². The van der Waals surface area contributed by atoms with Gasteiger partial charge in [-0.15, -0.1) is 10.2 Å². The molecular formula is C19H19N5O3S. The fourth-order valence-electron chi connectivity index (χ4n) is 2.48. The molecule has 0 saturated carbocycles. The Bertz CT molecular complexity index is 973. The topological polar surface area (TPSA) is 99.0 Å². The molecule has 0 aliphatic carbocycles. The first kappa shape index (κ1) is 19.6. The van der Waals surface area contributed by atoms with Crippen molar-refractivity contribution in [3.63, 3.8) is 0 Å². The summed E-state index contributed by atoms with van der Waals surface area (Å²) < 4.78 is 7.16. The van der Waals surface area contributed by atoms with Crippen LogP contribution in [0.5, 0.6) is 0 Å². The van der Waals surface area contributed by atoms with Gasteiger partial charge in [-0.1, -0.05) is 11.8 Å². The zero-order valence-corrected chi connectivity index (χ0v) is 16.4. The number of rotatable bonds is 6. The van der Waals surface area contributed by atoms with Crippen molar-refractivity contribution >= 4 is 29.3 Å². The lowest BCUT2D eigenvalue weighted by atomic mass is 10.2. The number of carbonyl (C=O) groups excluding carboxylic acids is 2. The van der Waals surface area contributed by atoms with Crippen molar-refractivity contribution in [3.05, 3.63) is 60.2 Å². The monoisotopic (exact) mass is 397 g/mol. The van der Waals surface area contributed by atoms with Gasteiger partial charge in [0.1, 0.15) is 5.82 Å². The van der Waals surface area contributed by atoms with E-state index >= 15 is 0 Å². The Kier molecular flexibility index (Phi) is 6.05. The third kappa shape index (κ3) is 4.37. The van der Waals surface area contributed by atoms with Gasteiger partial charge < -0.3 is 10.1 Å². The van der Waals surface area contributed by atoms with Gasteiger partial charge in [0.15, 0.2) is 11.3 Å². The molecule has 2 heterocycles. The Balaban J connectivity index is 1.66. The number of nitrogens with zero attached hydrogens (tertiary/aromatic N) is 4. The van der Waals surface area contributed by atoms with Crippen LogP contribution in [0.4, 0.5) is 5.69 Å². The number of esters is 1. The van der Waals surface area contributed by atoms with Gasteiger partial charge in [0, 0.05) is 23.8 Å². The van der Waals surface area contributed by atoms with Crippen LogP contribution in [0.3, 0.4) is 0 Å². The molecule has 8 nitrogen and oxygen atoms in total. The van der Waals surface area contributed by atoms with E-state index in [1.807, 2.05) is 17.7 Å². The second kappa shape index (κ2) is 8.66. The molecular weight excluding hydrogens is 378 g/mol. The first-order valence-corrected chi connectivity index (χ1v) is 9.70. The molecule has 0 aliphatic heterocycles. The zero-order valence-electron chi connectivity index (χ0n) is 15.6. The van der Waals surface area contributed by atoms with Crippen LogP contribution in [0, 0.1) is 6.92 Å². The first-order chi connectivity index (χ1) is 13.5. The van der Waals surface area contributed by atoms with E-state index in [4.69, 9.17) is 4.74 Å². The van der Waals surface area contributed by atoms with Crippen molar-refractivity contribution < 1.29 is 14.3 Å². The van der Waals surface area contributed by atoms with E-state index in [-0.39, 0.29) is 0 Å². The zero-order chi connectivity index (χ0) is 20.1. The van der Waals surface area contributed by atoms with Crippen LogP contribution in [0.1, 0.15) is 23.1 Å². The number of anilines is 1. The van der Waals surface area contributed by atoms with E-state index in [1.165, 1.54) is 18.7 Å². The number of hydrogen-bond donors (Lipinski definition) is 1. The Morgan fingerprint density at radius 1 is 1.11 bits per heavy atom. The second-order valence-corrected chi connectivity index (χ2v) is 6.66. The number of aryl methyl sites for hydroxylation is 1. The number of amides is 1. The Morgan fingerprint density at radius 3 is 2.43 bits per heavy atom. The molecule has 3 rings (SSSR count). The normalized spacial score (nSPS) is 11.7. The van der Waals surface area contributed by atoms with Crippen LogP contribution in [-0.2, 0) is 9.53 Å². The van der Waals surface area contributed by atoms with Crippen molar-refractivity contribution in [3.8, 4) is 5.69 Å². The summed E-state index contributed by atoms with van der Waals surface area (Å²) in [5.74, 6) is -0.239. The van der Waals surface area contributed by atoms with Gasteiger partial charge in [-0.05, 0) is 56.5 Å². The first-order valence-electron chi connectivity index (χ1n) is 8.48. The fourth-order valence-corrected chi connectivity index (χ4v) is 3.02. The van der Waals surface area contributed by atoms with Crippen LogP contribution in [0.25, 0.3) is 5.69 Å². The molecule has 3 aromatic rings. The maximum atomic E-state index is 12.4. The predicted molar refractivity (Wildman–Crippen MR) is 106 cm³/mol. The molecule has 1 N–H and O–H groups in total. The van der Waals surface area contributed by atoms with Crippen LogP contribution in [0.2, 0.25) is 0 Å². The van der Waals surface area contributed by atoms with E-state index in [1.54, 1.807) is 48.8 Å². The molecule has 0 aliphatic rings. The summed E-state index contributed by atoms with van der Waals surface area (Å²) in [7, 11) is 0. The smallest absolute Gasteiger partial charge is 0.338 e. The van der Waals surface area contributed by atoms with Crippen LogP contribution >= 0.6 is 11.8 Å². The molecule has 0 radical (unpaired) electrons. The highest BCUT2D eigenvalue weighted by atomic mass is 32.2. The minimum Gasteiger partial charge on any atom is -0.449 e. The quantitative estimate of drug-likeness (QED) is 0.504. The van der Waals surface area contributed by atoms with Crippen molar-refractivity contribution in [1.82, 2.24) is 19.7 Å². The van der Waals surface area contributed by atoms with E-state index in [0.29, 0.717) is 11.3 Å². The molecule has 1 atom stereocenters. The molecule has 2 aromatic heterocycles. The summed E-state index contributed by atoms with van der Waals surface area (Å²) in [5, 5.41) is 11.6. The van der Waals surface area contributed by atoms with Crippen molar-refractivity contribution in [1.29, 1.82) is 0 Å². The molecule has 0 fully saturated rings. The van der Waals surface area contributed by atoms with Crippen LogP contribution in [-0.4, -0.2) is 44.0 Å². The Morgan fingerprint density at radius 2 is 1.79 bits per heavy atom. The van der Waals surface area contributed by atoms with E-state index in [0.717, 1.165) is 16.7 Å². The van der Waals surface area contributed by atoms with Gasteiger partial charge in [-0.3, -0.25) is 14.3 Å². The third-order valence-corrected chi connectivity index (χ3v) is 4.57. The molecule has 9 heteroatoms. The van der Waals surface area contributed by atoms with Crippen LogP contribution in [0.15, 0.2) is 53.9 Å². The number of nitrogens with one attached hydrogen (secondary N) is 1. The molecule has 0 bridgehead atoms. The summed E-state index contributed by atoms with van der Waals surface area (Å²) in [4.78, 5) is 28.4. The summed E-state index contributed by atoms with van der Waals surface area (Å²) in [6.45, 7) is 3.38. The number of pyridine rings is 1. The molecule has 1 amide bonds. The van der Waals surface area contributed by atoms with Gasteiger partial charge in [0.05, 0.1) is 5.56 Å². The Hall–Kier alpha value is -3.20. The number of carbonyl (C=O) groups is 2. The molecule has 144 valence electrons. The number of thioether (sulfide) groups is 1. The minimum absolute atomic E-state index is 0.351. The lowest BCUT2D eigenvalue weighted by Crippen LogP contribution is -2.30. The highest BCUT2D eigenvalue weighted by Gasteiger charge is 2.19. The van der Waals surface area contributed by atoms with E-state index in [2.05, 4.69) is 20.5 Å². The standard InChI is InChI=1S/C19H19N5O3S/c1-12(17(25)21-15-8-10-20-11-9-15)27-18(26)14-4-6-16(7-5-14)24-13(2)22-23-19(24)28-3/h4-12H,1-3H3,(H,20,21,25). The van der Waals surface area contributed by atoms with Crippen molar-refractivity contribution in [2.75, 3.05) is 11.6 Å². The summed E-state index contributed by atoms with van der Waals surface area (Å²) in [5.41, 5.74) is 1.77. The van der Waals surface area contributed by atoms with Crippen molar-refractivity contribution in [2.45, 2.75) is 25.1 Å². The maximum Gasteiger partial charge on any atom is 0.338 e. The van der Waals surface area contributed by atoms with Crippen molar-refractivity contribution in [2.24, 2.45) is 0 Å². The number of benzene rings is 1. The van der Waals surface area contributed by atoms with Crippen LogP contribution < -0.4 is 5.32 Å². The van der Waals surface area contributed by atoms with E-state index in [9.17, 15) is 9.59 Å². The molecule has 0 spiro atoms. The molecule has 28 heavy (non-hydrogen) atoms. The summed E-state index contributed by atoms with van der Waals surface area (Å²) >= 11 is 1.48. The summed E-state index contributed by atoms with van der Waals surface area (Å²) in [6, 6.07) is 10.2. The maximum absolute atomic E-state index is 12.4. The average Bonchev–Trinajstić information content (AvgIpc) is 3.09. The number of ether oxygens (including phenoxy) is 1. The van der Waals surface area contributed by atoms with Gasteiger partial charge in [0.25, 0.3) is 5.91 Å². The van der Waals surface area contributed by atoms with E-state index < -0.39 is 18.0 Å². The fraction of sp³-hybridized carbons (Fsp3) is 0.211. The minimum atomic E-state index is -0.941. The number of hydrogen-bond acceptors (Lipinski definition) is 7. The highest BCUT2D eigenvalue weighted by molar-refractivity contribution is 7.98. The largest absolute Gasteiger partial charge is 0.449 e. The highest BCUT2D eigenvalue weighted by Crippen LogP contribution is 2.20. The van der Waals surface area contributed by atoms with Gasteiger partial charge >= 0.3 is 5.97 Å². The number of aromatic nitrogens is 4. The Labute approximate surface area is 166 Å². The average molecular weight is 397 g/mol.